The molecule has 2 N–H and O–H groups in total. The molecule has 2 atom stereocenters. The van der Waals surface area contributed by atoms with E-state index in [0.717, 1.165) is 32.7 Å². The van der Waals surface area contributed by atoms with Gasteiger partial charge in [-0.1, -0.05) is 105 Å². The van der Waals surface area contributed by atoms with E-state index in [2.05, 4.69) is 45.0 Å². The fourth-order valence-corrected chi connectivity index (χ4v) is 13.3. The van der Waals surface area contributed by atoms with Gasteiger partial charge in [0, 0.05) is 6.32 Å². The molecular weight excluding hydrogens is 575 g/mol. The van der Waals surface area contributed by atoms with Gasteiger partial charge in [0.2, 0.25) is 0 Å². The molecule has 2 aliphatic rings. The lowest BCUT2D eigenvalue weighted by atomic mass is 9.74. The molecule has 0 aliphatic carbocycles. The normalized spacial score (nSPS) is 20.8. The van der Waals surface area contributed by atoms with Crippen LogP contribution in [0.3, 0.4) is 0 Å². The average Bonchev–Trinajstić information content (AvgIpc) is 3.23. The van der Waals surface area contributed by atoms with Crippen molar-refractivity contribution in [3.05, 3.63) is 107 Å². The topological polar surface area (TPSA) is 93.1 Å². The van der Waals surface area contributed by atoms with Gasteiger partial charge < -0.3 is 19.2 Å². The molecule has 43 heavy (non-hydrogen) atoms. The first-order valence-electron chi connectivity index (χ1n) is 14.9. The van der Waals surface area contributed by atoms with Crippen LogP contribution in [0.5, 0.6) is 5.75 Å². The van der Waals surface area contributed by atoms with Gasteiger partial charge in [0.25, 0.3) is 8.32 Å². The summed E-state index contributed by atoms with van der Waals surface area (Å²) >= 11 is 0. The van der Waals surface area contributed by atoms with Crippen LogP contribution in [0.2, 0.25) is 11.4 Å². The van der Waals surface area contributed by atoms with Gasteiger partial charge >= 0.3 is 7.12 Å². The van der Waals surface area contributed by atoms with Crippen molar-refractivity contribution in [2.75, 3.05) is 12.4 Å². The Hall–Kier alpha value is -2.95. The molecule has 3 aromatic carbocycles. The van der Waals surface area contributed by atoms with Gasteiger partial charge in [0.1, 0.15) is 5.75 Å². The number of hydrogen-bond donors (Lipinski definition) is 2. The van der Waals surface area contributed by atoms with Crippen molar-refractivity contribution in [1.29, 1.82) is 0 Å². The summed E-state index contributed by atoms with van der Waals surface area (Å²) in [5.41, 5.74) is 3.59. The van der Waals surface area contributed by atoms with Crippen LogP contribution >= 0.6 is 0 Å². The Balaban J connectivity index is 1.49. The highest BCUT2D eigenvalue weighted by atomic mass is 32.2. The van der Waals surface area contributed by atoms with Gasteiger partial charge in [0.15, 0.2) is 9.84 Å². The Morgan fingerprint density at radius 3 is 2.14 bits per heavy atom. The minimum atomic E-state index is -3.50. The predicted molar refractivity (Wildman–Crippen MR) is 177 cm³/mol. The highest BCUT2D eigenvalue weighted by Crippen LogP contribution is 2.42. The summed E-state index contributed by atoms with van der Waals surface area (Å²) in [6.45, 7) is 8.83. The SMILES string of the molecule is C/C(=C\c1ccc(O)cc1)CC[C@H]1OB(O)C[C@H]2C1=C(CO[Si](c1ccccc1)(c1ccccc1)C(C)(C)C)CS2(=O)=O. The molecule has 0 unspecified atom stereocenters. The van der Waals surface area contributed by atoms with E-state index < -0.39 is 36.6 Å². The smallest absolute Gasteiger partial charge is 0.456 e. The van der Waals surface area contributed by atoms with E-state index in [-0.39, 0.29) is 29.5 Å². The number of phenols is 1. The largest absolute Gasteiger partial charge is 0.508 e. The maximum atomic E-state index is 13.5. The fourth-order valence-electron chi connectivity index (χ4n) is 6.65. The Bertz CT molecular complexity index is 1540. The number of fused-ring (bicyclic) bond motifs is 1. The highest BCUT2D eigenvalue weighted by molar-refractivity contribution is 7.92. The number of phenolic OH excluding ortho intramolecular Hbond substituents is 1. The van der Waals surface area contributed by atoms with Gasteiger partial charge in [-0.25, -0.2) is 8.42 Å². The van der Waals surface area contributed by atoms with E-state index in [1.54, 1.807) is 12.1 Å². The summed E-state index contributed by atoms with van der Waals surface area (Å²) in [6.07, 6.45) is 2.77. The van der Waals surface area contributed by atoms with E-state index in [1.807, 2.05) is 61.5 Å². The second kappa shape index (κ2) is 12.6. The first-order chi connectivity index (χ1) is 20.4. The van der Waals surface area contributed by atoms with E-state index in [1.165, 1.54) is 0 Å². The van der Waals surface area contributed by atoms with Crippen LogP contribution in [0.1, 0.15) is 46.1 Å². The zero-order valence-corrected chi connectivity index (χ0v) is 27.2. The number of hydrogen-bond acceptors (Lipinski definition) is 6. The van der Waals surface area contributed by atoms with Crippen molar-refractivity contribution < 1.29 is 27.6 Å². The number of allylic oxidation sites excluding steroid dienone is 1. The Morgan fingerprint density at radius 1 is 1.00 bits per heavy atom. The number of aromatic hydroxyl groups is 1. The number of sulfone groups is 1. The predicted octanol–water partition coefficient (Wildman–Crippen LogP) is 5.13. The van der Waals surface area contributed by atoms with Crippen molar-refractivity contribution in [2.45, 2.75) is 63.2 Å². The quantitative estimate of drug-likeness (QED) is 0.256. The first kappa shape index (κ1) is 31.5. The van der Waals surface area contributed by atoms with E-state index in [4.69, 9.17) is 9.08 Å². The second-order valence-corrected chi connectivity index (χ2v) is 19.2. The lowest BCUT2D eigenvalue weighted by molar-refractivity contribution is 0.168. The maximum absolute atomic E-state index is 13.5. The maximum Gasteiger partial charge on any atom is 0.456 e. The molecule has 2 heterocycles. The molecule has 2 aliphatic heterocycles. The molecule has 0 amide bonds. The standard InChI is InChI=1S/C34H41BO6SSi/c1-25(21-26-16-18-28(36)19-17-26)15-20-31-33-27(24-42(38,39)32(33)22-35(37)41-31)23-40-43(34(2,3)4,29-11-7-5-8-12-29)30-13-9-6-10-14-30/h5-14,16-19,21,31-32,36-37H,15,20,22-24H2,1-4H3/b25-21+/t31-,32+/m1/s1. The van der Waals surface area contributed by atoms with Crippen LogP contribution in [-0.2, 0) is 18.9 Å². The minimum absolute atomic E-state index is 0.0409. The number of benzene rings is 3. The zero-order valence-electron chi connectivity index (χ0n) is 25.4. The van der Waals surface area contributed by atoms with Crippen molar-refractivity contribution in [2.24, 2.45) is 0 Å². The molecular formula is C34H41BO6SSi. The Morgan fingerprint density at radius 2 is 1.58 bits per heavy atom. The lowest BCUT2D eigenvalue weighted by Gasteiger charge is -2.43. The second-order valence-electron chi connectivity index (χ2n) is 12.7. The van der Waals surface area contributed by atoms with Crippen LogP contribution in [0.4, 0.5) is 0 Å². The van der Waals surface area contributed by atoms with Gasteiger partial charge in [-0.15, -0.1) is 0 Å². The Labute approximate surface area is 257 Å². The van der Waals surface area contributed by atoms with Crippen molar-refractivity contribution in [3.63, 3.8) is 0 Å². The molecule has 0 aromatic heterocycles. The molecule has 3 aromatic rings. The van der Waals surface area contributed by atoms with E-state index in [0.29, 0.717) is 12.8 Å². The average molecular weight is 617 g/mol. The van der Waals surface area contributed by atoms with Crippen molar-refractivity contribution in [3.8, 4) is 5.75 Å². The van der Waals surface area contributed by atoms with Gasteiger partial charge in [-0.2, -0.15) is 0 Å². The monoisotopic (exact) mass is 616 g/mol. The summed E-state index contributed by atoms with van der Waals surface area (Å²) < 4.78 is 40.1. The summed E-state index contributed by atoms with van der Waals surface area (Å²) in [5, 5.41) is 21.4. The Kier molecular flexibility index (Phi) is 9.21. The number of rotatable bonds is 9. The summed E-state index contributed by atoms with van der Waals surface area (Å²) in [4.78, 5) is 0. The molecule has 0 saturated carbocycles. The lowest BCUT2D eigenvalue weighted by Crippen LogP contribution is -2.66. The van der Waals surface area contributed by atoms with Crippen LogP contribution in [-0.4, -0.2) is 57.7 Å². The highest BCUT2D eigenvalue weighted by Gasteiger charge is 2.52. The van der Waals surface area contributed by atoms with Crippen LogP contribution in [0, 0.1) is 0 Å². The van der Waals surface area contributed by atoms with Gasteiger partial charge in [-0.05, 0) is 64.0 Å². The molecule has 0 bridgehead atoms. The van der Waals surface area contributed by atoms with Crippen LogP contribution in [0.25, 0.3) is 6.08 Å². The summed E-state index contributed by atoms with van der Waals surface area (Å²) in [6, 6.07) is 27.7. The molecule has 9 heteroatoms. The fraction of sp³-hybridized carbons (Fsp3) is 0.353. The third kappa shape index (κ3) is 6.61. The first-order valence-corrected chi connectivity index (χ1v) is 18.5. The van der Waals surface area contributed by atoms with Gasteiger partial charge in [0.05, 0.1) is 23.7 Å². The van der Waals surface area contributed by atoms with Gasteiger partial charge in [-0.3, -0.25) is 0 Å². The molecule has 5 rings (SSSR count). The van der Waals surface area contributed by atoms with Crippen LogP contribution < -0.4 is 10.4 Å². The molecule has 0 spiro atoms. The van der Waals surface area contributed by atoms with E-state index >= 15 is 0 Å². The molecule has 6 nitrogen and oxygen atoms in total. The molecule has 1 saturated heterocycles. The van der Waals surface area contributed by atoms with Crippen molar-refractivity contribution >= 4 is 41.7 Å². The van der Waals surface area contributed by atoms with Crippen LogP contribution in [0.15, 0.2) is 102 Å². The summed E-state index contributed by atoms with van der Waals surface area (Å²) in [5.74, 6) is 0.132. The molecule has 1 fully saturated rings. The third-order valence-corrected chi connectivity index (χ3v) is 15.7. The molecule has 0 radical (unpaired) electrons. The van der Waals surface area contributed by atoms with E-state index in [9.17, 15) is 18.5 Å². The third-order valence-electron chi connectivity index (χ3n) is 8.63. The minimum Gasteiger partial charge on any atom is -0.508 e. The molecule has 226 valence electrons. The zero-order chi connectivity index (χ0) is 30.8. The summed E-state index contributed by atoms with van der Waals surface area (Å²) in [7, 11) is -7.52. The van der Waals surface area contributed by atoms with Crippen molar-refractivity contribution in [1.82, 2.24) is 0 Å².